The Kier molecular flexibility index (Phi) is 12.4. The molecule has 2 rings (SSSR count). The summed E-state index contributed by atoms with van der Waals surface area (Å²) in [7, 11) is 0. The summed E-state index contributed by atoms with van der Waals surface area (Å²) in [4.78, 5) is 7.42. The predicted octanol–water partition coefficient (Wildman–Crippen LogP) is 2.89. The van der Waals surface area contributed by atoms with Crippen molar-refractivity contribution in [3.63, 3.8) is 0 Å². The first-order valence-corrected chi connectivity index (χ1v) is 12.0. The second-order valence-electron chi connectivity index (χ2n) is 7.54. The Hall–Kier alpha value is -2.45. The molecule has 1 aromatic heterocycles. The molecule has 1 atom stereocenters. The van der Waals surface area contributed by atoms with E-state index in [1.807, 2.05) is 6.92 Å². The molecule has 1 aromatic carbocycles. The number of hydrogen-bond acceptors (Lipinski definition) is 5. The molecule has 0 spiro atoms. The van der Waals surface area contributed by atoms with E-state index >= 15 is 0 Å². The molecule has 0 aliphatic carbocycles. The molecule has 1 unspecified atom stereocenters. The molecule has 1 heterocycles. The van der Waals surface area contributed by atoms with E-state index in [0.29, 0.717) is 6.54 Å². The smallest absolute Gasteiger partial charge is 0.191 e. The molecule has 0 bridgehead atoms. The summed E-state index contributed by atoms with van der Waals surface area (Å²) in [5.41, 5.74) is 1.30. The highest BCUT2D eigenvalue weighted by Crippen LogP contribution is 2.20. The number of aliphatic imine (C=N–C) groups is 1. The topological polar surface area (TPSA) is 79.6 Å². The van der Waals surface area contributed by atoms with Crippen LogP contribution < -0.4 is 10.6 Å². The molecule has 8 nitrogen and oxygen atoms in total. The van der Waals surface area contributed by atoms with E-state index in [1.54, 1.807) is 6.33 Å². The van der Waals surface area contributed by atoms with Gasteiger partial charge in [0.1, 0.15) is 12.2 Å². The Balaban J connectivity index is 2.05. The third kappa shape index (κ3) is 8.59. The van der Waals surface area contributed by atoms with Crippen molar-refractivity contribution in [2.24, 2.45) is 4.99 Å². The number of aryl methyl sites for hydroxylation is 1. The quantitative estimate of drug-likeness (QED) is 0.250. The highest BCUT2D eigenvalue weighted by atomic mass is 16.5. The van der Waals surface area contributed by atoms with Crippen molar-refractivity contribution in [2.45, 2.75) is 53.1 Å². The molecule has 0 amide bonds. The molecule has 2 aromatic rings. The van der Waals surface area contributed by atoms with E-state index < -0.39 is 0 Å². The maximum Gasteiger partial charge on any atom is 0.191 e. The first kappa shape index (κ1) is 25.8. The lowest BCUT2D eigenvalue weighted by molar-refractivity contribution is 0.145. The fourth-order valence-corrected chi connectivity index (χ4v) is 3.68. The van der Waals surface area contributed by atoms with Gasteiger partial charge in [0.25, 0.3) is 0 Å². The van der Waals surface area contributed by atoms with Crippen molar-refractivity contribution < 1.29 is 4.74 Å². The molecule has 0 saturated heterocycles. The molecule has 0 radical (unpaired) electrons. The van der Waals surface area contributed by atoms with Crippen molar-refractivity contribution in [2.75, 3.05) is 45.9 Å². The van der Waals surface area contributed by atoms with Crippen LogP contribution in [0.4, 0.5) is 0 Å². The summed E-state index contributed by atoms with van der Waals surface area (Å²) in [6, 6.07) is 10.9. The maximum atomic E-state index is 5.46. The lowest BCUT2D eigenvalue weighted by Gasteiger charge is -2.29. The van der Waals surface area contributed by atoms with Crippen molar-refractivity contribution >= 4 is 5.96 Å². The molecule has 8 heteroatoms. The third-order valence-corrected chi connectivity index (χ3v) is 5.48. The Morgan fingerprint density at radius 2 is 1.84 bits per heavy atom. The minimum absolute atomic E-state index is 0.248. The predicted molar refractivity (Wildman–Crippen MR) is 131 cm³/mol. The lowest BCUT2D eigenvalue weighted by Crippen LogP contribution is -2.40. The van der Waals surface area contributed by atoms with Gasteiger partial charge in [-0.3, -0.25) is 9.89 Å². The van der Waals surface area contributed by atoms with Crippen LogP contribution in [0, 0.1) is 0 Å². The van der Waals surface area contributed by atoms with Gasteiger partial charge in [-0.15, -0.1) is 10.2 Å². The number of rotatable bonds is 15. The van der Waals surface area contributed by atoms with Gasteiger partial charge in [-0.2, -0.15) is 0 Å². The Bertz CT molecular complexity index is 759. The standard InChI is InChI=1S/C24H41N7O/c1-5-23-29-28-20-31(23)17-16-26-24(25-15-12-18-32-8-4)27-19-22(30(6-2)7-3)21-13-10-9-11-14-21/h9-11,13-14,20,22H,5-8,12,15-19H2,1-4H3,(H2,25,26,27). The summed E-state index contributed by atoms with van der Waals surface area (Å²) < 4.78 is 7.55. The largest absolute Gasteiger partial charge is 0.382 e. The number of guanidine groups is 1. The summed E-state index contributed by atoms with van der Waals surface area (Å²) in [5, 5.41) is 15.1. The van der Waals surface area contributed by atoms with Crippen molar-refractivity contribution in [3.05, 3.63) is 48.0 Å². The van der Waals surface area contributed by atoms with Gasteiger partial charge in [0, 0.05) is 39.3 Å². The van der Waals surface area contributed by atoms with Crippen molar-refractivity contribution in [1.29, 1.82) is 0 Å². The number of nitrogens with zero attached hydrogens (tertiary/aromatic N) is 5. The average molecular weight is 444 g/mol. The van der Waals surface area contributed by atoms with E-state index in [-0.39, 0.29) is 6.04 Å². The number of benzene rings is 1. The normalized spacial score (nSPS) is 12.8. The van der Waals surface area contributed by atoms with Gasteiger partial charge in [0.15, 0.2) is 5.96 Å². The van der Waals surface area contributed by atoms with Gasteiger partial charge in [0.2, 0.25) is 0 Å². The molecule has 32 heavy (non-hydrogen) atoms. The summed E-state index contributed by atoms with van der Waals surface area (Å²) in [5.74, 6) is 1.83. The average Bonchev–Trinajstić information content (AvgIpc) is 3.29. The number of likely N-dealkylation sites (N-methyl/N-ethyl adjacent to an activating group) is 1. The van der Waals surface area contributed by atoms with Gasteiger partial charge >= 0.3 is 0 Å². The van der Waals surface area contributed by atoms with Crippen LogP contribution >= 0.6 is 0 Å². The molecule has 0 saturated carbocycles. The molecule has 178 valence electrons. The minimum Gasteiger partial charge on any atom is -0.382 e. The zero-order chi connectivity index (χ0) is 23.0. The van der Waals surface area contributed by atoms with Gasteiger partial charge in [-0.05, 0) is 32.0 Å². The van der Waals surface area contributed by atoms with Crippen LogP contribution in [-0.4, -0.2) is 71.6 Å². The highest BCUT2D eigenvalue weighted by Gasteiger charge is 2.17. The molecule has 0 aliphatic heterocycles. The number of nitrogens with one attached hydrogen (secondary N) is 2. The maximum absolute atomic E-state index is 5.46. The van der Waals surface area contributed by atoms with E-state index in [0.717, 1.165) is 70.6 Å². The molecule has 2 N–H and O–H groups in total. The van der Waals surface area contributed by atoms with Gasteiger partial charge in [-0.1, -0.05) is 51.1 Å². The van der Waals surface area contributed by atoms with E-state index in [2.05, 4.69) is 81.4 Å². The van der Waals surface area contributed by atoms with Crippen molar-refractivity contribution in [3.8, 4) is 0 Å². The second kappa shape index (κ2) is 15.4. The Morgan fingerprint density at radius 3 is 2.53 bits per heavy atom. The summed E-state index contributed by atoms with van der Waals surface area (Å²) in [6.07, 6.45) is 3.61. The molecular formula is C24H41N7O. The molecule has 0 aliphatic rings. The number of ether oxygens (including phenoxy) is 1. The zero-order valence-electron chi connectivity index (χ0n) is 20.3. The van der Waals surface area contributed by atoms with Gasteiger partial charge in [-0.25, -0.2) is 0 Å². The van der Waals surface area contributed by atoms with Crippen LogP contribution in [-0.2, 0) is 17.7 Å². The molecule has 0 fully saturated rings. The molecular weight excluding hydrogens is 402 g/mol. The second-order valence-corrected chi connectivity index (χ2v) is 7.54. The van der Waals surface area contributed by atoms with Crippen LogP contribution in [0.5, 0.6) is 0 Å². The third-order valence-electron chi connectivity index (χ3n) is 5.48. The van der Waals surface area contributed by atoms with Crippen molar-refractivity contribution in [1.82, 2.24) is 30.3 Å². The van der Waals surface area contributed by atoms with E-state index in [9.17, 15) is 0 Å². The monoisotopic (exact) mass is 443 g/mol. The fraction of sp³-hybridized carbons (Fsp3) is 0.625. The summed E-state index contributed by atoms with van der Waals surface area (Å²) in [6.45, 7) is 15.1. The Morgan fingerprint density at radius 1 is 1.09 bits per heavy atom. The van der Waals surface area contributed by atoms with Crippen LogP contribution in [0.2, 0.25) is 0 Å². The number of aromatic nitrogens is 3. The SMILES string of the molecule is CCOCCCNC(=NCC(c1ccccc1)N(CC)CC)NCCn1cnnc1CC. The fourth-order valence-electron chi connectivity index (χ4n) is 3.68. The minimum atomic E-state index is 0.248. The highest BCUT2D eigenvalue weighted by molar-refractivity contribution is 5.79. The first-order valence-electron chi connectivity index (χ1n) is 12.0. The van der Waals surface area contributed by atoms with E-state index in [4.69, 9.17) is 9.73 Å². The number of hydrogen-bond donors (Lipinski definition) is 2. The van der Waals surface area contributed by atoms with Gasteiger partial charge in [0.05, 0.1) is 12.6 Å². The van der Waals surface area contributed by atoms with Crippen LogP contribution in [0.25, 0.3) is 0 Å². The Labute approximate surface area is 193 Å². The lowest BCUT2D eigenvalue weighted by atomic mass is 10.1. The first-order chi connectivity index (χ1) is 15.7. The van der Waals surface area contributed by atoms with Gasteiger partial charge < -0.3 is 19.9 Å². The summed E-state index contributed by atoms with van der Waals surface area (Å²) >= 11 is 0. The van der Waals surface area contributed by atoms with Crippen LogP contribution in [0.3, 0.4) is 0 Å². The van der Waals surface area contributed by atoms with Crippen LogP contribution in [0.15, 0.2) is 41.7 Å². The van der Waals surface area contributed by atoms with Crippen LogP contribution in [0.1, 0.15) is 51.5 Å². The zero-order valence-corrected chi connectivity index (χ0v) is 20.3. The van der Waals surface area contributed by atoms with E-state index in [1.165, 1.54) is 5.56 Å².